The van der Waals surface area contributed by atoms with Crippen LogP contribution in [0.1, 0.15) is 43.5 Å². The molecule has 0 saturated heterocycles. The predicted octanol–water partition coefficient (Wildman–Crippen LogP) is 4.05. The highest BCUT2D eigenvalue weighted by molar-refractivity contribution is 6.42. The summed E-state index contributed by atoms with van der Waals surface area (Å²) < 4.78 is 5.16. The van der Waals surface area contributed by atoms with Crippen molar-refractivity contribution in [2.24, 2.45) is 0 Å². The van der Waals surface area contributed by atoms with Crippen molar-refractivity contribution >= 4 is 29.0 Å². The summed E-state index contributed by atoms with van der Waals surface area (Å²) in [6, 6.07) is 5.35. The van der Waals surface area contributed by atoms with Crippen LogP contribution >= 0.6 is 23.2 Å². The first-order valence-electron chi connectivity index (χ1n) is 6.28. The van der Waals surface area contributed by atoms with Crippen LogP contribution in [0.25, 0.3) is 0 Å². The number of carbonyl (C=O) groups excluding carboxylic acids is 1. The van der Waals surface area contributed by atoms with Crippen molar-refractivity contribution < 1.29 is 9.32 Å². The summed E-state index contributed by atoms with van der Waals surface area (Å²) in [7, 11) is 0. The number of hydrogen-bond donors (Lipinski definition) is 0. The number of Topliss-reactive ketones (excluding diaryl/α,β-unsaturated/α-hetero) is 1. The molecule has 20 heavy (non-hydrogen) atoms. The highest BCUT2D eigenvalue weighted by atomic mass is 35.5. The van der Waals surface area contributed by atoms with Crippen molar-refractivity contribution in [2.45, 2.75) is 32.6 Å². The lowest BCUT2D eigenvalue weighted by Gasteiger charge is -2.03. The fourth-order valence-corrected chi connectivity index (χ4v) is 2.27. The van der Waals surface area contributed by atoms with E-state index >= 15 is 0 Å². The maximum absolute atomic E-state index is 11.5. The second-order valence-corrected chi connectivity index (χ2v) is 5.36. The second kappa shape index (κ2) is 6.37. The van der Waals surface area contributed by atoms with Gasteiger partial charge in [0, 0.05) is 6.42 Å². The zero-order valence-corrected chi connectivity index (χ0v) is 12.7. The van der Waals surface area contributed by atoms with Crippen LogP contribution in [0.4, 0.5) is 0 Å². The molecule has 0 saturated carbocycles. The van der Waals surface area contributed by atoms with Gasteiger partial charge in [0.1, 0.15) is 5.78 Å². The third-order valence-electron chi connectivity index (χ3n) is 3.03. The molecule has 106 valence electrons. The zero-order chi connectivity index (χ0) is 14.7. The summed E-state index contributed by atoms with van der Waals surface area (Å²) >= 11 is 11.8. The topological polar surface area (TPSA) is 56.0 Å². The van der Waals surface area contributed by atoms with E-state index in [-0.39, 0.29) is 11.7 Å². The van der Waals surface area contributed by atoms with E-state index in [4.69, 9.17) is 27.7 Å². The van der Waals surface area contributed by atoms with Crippen molar-refractivity contribution in [2.75, 3.05) is 0 Å². The van der Waals surface area contributed by atoms with E-state index in [9.17, 15) is 4.79 Å². The Morgan fingerprint density at radius 1 is 1.35 bits per heavy atom. The molecule has 0 radical (unpaired) electrons. The third kappa shape index (κ3) is 3.38. The highest BCUT2D eigenvalue weighted by Gasteiger charge is 2.21. The van der Waals surface area contributed by atoms with E-state index in [1.54, 1.807) is 12.1 Å². The van der Waals surface area contributed by atoms with Gasteiger partial charge in [-0.15, -0.1) is 0 Å². The Bertz CT molecular complexity index is 625. The van der Waals surface area contributed by atoms with Gasteiger partial charge in [0.05, 0.1) is 16.0 Å². The smallest absolute Gasteiger partial charge is 0.237 e. The van der Waals surface area contributed by atoms with Crippen molar-refractivity contribution in [3.05, 3.63) is 45.5 Å². The molecule has 6 heteroatoms. The van der Waals surface area contributed by atoms with Crippen LogP contribution in [-0.2, 0) is 11.2 Å². The maximum Gasteiger partial charge on any atom is 0.237 e. The number of ketones is 1. The quantitative estimate of drug-likeness (QED) is 0.835. The number of nitrogens with zero attached hydrogens (tertiary/aromatic N) is 2. The van der Waals surface area contributed by atoms with Gasteiger partial charge >= 0.3 is 0 Å². The molecule has 1 aromatic carbocycles. The minimum Gasteiger partial charge on any atom is -0.339 e. The molecule has 0 fully saturated rings. The van der Waals surface area contributed by atoms with E-state index < -0.39 is 0 Å². The molecule has 0 N–H and O–H groups in total. The van der Waals surface area contributed by atoms with Crippen LogP contribution in [0.5, 0.6) is 0 Å². The first-order chi connectivity index (χ1) is 9.51. The molecule has 2 rings (SSSR count). The molecule has 1 unspecified atom stereocenters. The van der Waals surface area contributed by atoms with E-state index in [1.807, 2.05) is 13.0 Å². The van der Waals surface area contributed by atoms with E-state index in [1.165, 1.54) is 6.92 Å². The van der Waals surface area contributed by atoms with Crippen LogP contribution < -0.4 is 0 Å². The van der Waals surface area contributed by atoms with Gasteiger partial charge in [-0.25, -0.2) is 0 Å². The number of hydrogen-bond acceptors (Lipinski definition) is 4. The van der Waals surface area contributed by atoms with E-state index in [2.05, 4.69) is 10.1 Å². The van der Waals surface area contributed by atoms with Crippen LogP contribution in [0.2, 0.25) is 10.0 Å². The maximum atomic E-state index is 11.5. The lowest BCUT2D eigenvalue weighted by atomic mass is 10.0. The normalized spacial score (nSPS) is 12.4. The lowest BCUT2D eigenvalue weighted by Crippen LogP contribution is -2.08. The minimum atomic E-state index is -0.329. The number of rotatable bonds is 5. The minimum absolute atomic E-state index is 0.0252. The molecule has 0 amide bonds. The summed E-state index contributed by atoms with van der Waals surface area (Å²) in [5.41, 5.74) is 0.933. The molecule has 0 bridgehead atoms. The van der Waals surface area contributed by atoms with Crippen molar-refractivity contribution in [3.8, 4) is 0 Å². The fraction of sp³-hybridized carbons (Fsp3) is 0.357. The molecule has 0 spiro atoms. The molecule has 2 aromatic rings. The Balaban J connectivity index is 2.16. The Hall–Kier alpha value is -1.39. The van der Waals surface area contributed by atoms with Gasteiger partial charge in [-0.05, 0) is 31.0 Å². The monoisotopic (exact) mass is 312 g/mol. The number of carbonyl (C=O) groups is 1. The zero-order valence-electron chi connectivity index (χ0n) is 11.2. The first kappa shape index (κ1) is 15.0. The van der Waals surface area contributed by atoms with Crippen molar-refractivity contribution in [1.29, 1.82) is 0 Å². The molecule has 1 heterocycles. The molecular weight excluding hydrogens is 299 g/mol. The Labute approximate surface area is 127 Å². The average molecular weight is 313 g/mol. The van der Waals surface area contributed by atoms with E-state index in [0.29, 0.717) is 34.6 Å². The summed E-state index contributed by atoms with van der Waals surface area (Å²) in [5.74, 6) is 0.593. The van der Waals surface area contributed by atoms with Gasteiger partial charge in [0.15, 0.2) is 5.82 Å². The van der Waals surface area contributed by atoms with Crippen LogP contribution in [-0.4, -0.2) is 15.9 Å². The van der Waals surface area contributed by atoms with Crippen molar-refractivity contribution in [1.82, 2.24) is 10.1 Å². The van der Waals surface area contributed by atoms with Crippen LogP contribution in [0.3, 0.4) is 0 Å². The first-order valence-corrected chi connectivity index (χ1v) is 7.03. The Morgan fingerprint density at radius 2 is 2.10 bits per heavy atom. The van der Waals surface area contributed by atoms with Gasteiger partial charge in [0.25, 0.3) is 0 Å². The van der Waals surface area contributed by atoms with Crippen LogP contribution in [0, 0.1) is 0 Å². The van der Waals surface area contributed by atoms with Crippen molar-refractivity contribution in [3.63, 3.8) is 0 Å². The molecule has 0 aliphatic rings. The predicted molar refractivity (Wildman–Crippen MR) is 77.3 cm³/mol. The number of aromatic nitrogens is 2. The standard InChI is InChI=1S/C14H14Cl2N2O2/c1-3-10(8(2)19)14-17-13(18-20-14)7-9-4-5-11(15)12(16)6-9/h4-6,10H,3,7H2,1-2H3. The Kier molecular flexibility index (Phi) is 4.78. The van der Waals surface area contributed by atoms with Gasteiger partial charge in [-0.3, -0.25) is 4.79 Å². The summed E-state index contributed by atoms with van der Waals surface area (Å²) in [6.07, 6.45) is 1.12. The van der Waals surface area contributed by atoms with E-state index in [0.717, 1.165) is 5.56 Å². The Morgan fingerprint density at radius 3 is 2.70 bits per heavy atom. The second-order valence-electron chi connectivity index (χ2n) is 4.55. The fourth-order valence-electron chi connectivity index (χ4n) is 1.95. The molecule has 0 aliphatic carbocycles. The average Bonchev–Trinajstić information content (AvgIpc) is 2.82. The molecule has 1 atom stereocenters. The van der Waals surface area contributed by atoms with Gasteiger partial charge in [-0.2, -0.15) is 4.98 Å². The number of benzene rings is 1. The largest absolute Gasteiger partial charge is 0.339 e. The van der Waals surface area contributed by atoms with Gasteiger partial charge < -0.3 is 4.52 Å². The molecule has 0 aliphatic heterocycles. The summed E-state index contributed by atoms with van der Waals surface area (Å²) in [5, 5.41) is 4.90. The SMILES string of the molecule is CCC(C(C)=O)c1nc(Cc2ccc(Cl)c(Cl)c2)no1. The number of halogens is 2. The molecule has 1 aromatic heterocycles. The molecule has 4 nitrogen and oxygen atoms in total. The van der Waals surface area contributed by atoms with Gasteiger partial charge in [0.2, 0.25) is 5.89 Å². The third-order valence-corrected chi connectivity index (χ3v) is 3.77. The summed E-state index contributed by atoms with van der Waals surface area (Å²) in [4.78, 5) is 15.7. The summed E-state index contributed by atoms with van der Waals surface area (Å²) in [6.45, 7) is 3.44. The highest BCUT2D eigenvalue weighted by Crippen LogP contribution is 2.24. The van der Waals surface area contributed by atoms with Crippen LogP contribution in [0.15, 0.2) is 22.7 Å². The molecular formula is C14H14Cl2N2O2. The van der Waals surface area contributed by atoms with Gasteiger partial charge in [-0.1, -0.05) is 41.3 Å². The lowest BCUT2D eigenvalue weighted by molar-refractivity contribution is -0.119.